The maximum atomic E-state index is 12.7. The number of nitrogens with two attached hydrogens (primary N) is 1. The molecule has 3 nitrogen and oxygen atoms in total. The summed E-state index contributed by atoms with van der Waals surface area (Å²) in [5, 5.41) is 2.37. The molecule has 116 valence electrons. The Labute approximate surface area is 133 Å². The molecule has 0 aromatic heterocycles. The van der Waals surface area contributed by atoms with Crippen LogP contribution in [0.4, 0.5) is 24.5 Å². The number of carbonyl (C=O) groups is 1. The summed E-state index contributed by atoms with van der Waals surface area (Å²) < 4.78 is 38.0. The van der Waals surface area contributed by atoms with Crippen LogP contribution in [-0.4, -0.2) is 5.91 Å². The largest absolute Gasteiger partial charge is 0.416 e. The van der Waals surface area contributed by atoms with Gasteiger partial charge in [0, 0.05) is 5.69 Å². The number of carbonyl (C=O) groups excluding carboxylic acids is 1. The number of amides is 1. The summed E-state index contributed by atoms with van der Waals surface area (Å²) in [6.45, 7) is 0. The first-order valence-corrected chi connectivity index (χ1v) is 6.67. The molecule has 0 bridgehead atoms. The maximum Gasteiger partial charge on any atom is 0.416 e. The average molecular weight is 349 g/mol. The van der Waals surface area contributed by atoms with Crippen LogP contribution in [0.15, 0.2) is 36.4 Å². The molecular formula is C14H9Cl2F3N2O. The summed E-state index contributed by atoms with van der Waals surface area (Å²) in [5.41, 5.74) is 4.86. The van der Waals surface area contributed by atoms with Crippen molar-refractivity contribution in [3.05, 3.63) is 57.6 Å². The van der Waals surface area contributed by atoms with E-state index in [1.54, 1.807) is 0 Å². The molecule has 1 amide bonds. The predicted octanol–water partition coefficient (Wildman–Crippen LogP) is 4.85. The number of hydrogen-bond donors (Lipinski definition) is 2. The van der Waals surface area contributed by atoms with Gasteiger partial charge in [-0.2, -0.15) is 13.2 Å². The van der Waals surface area contributed by atoms with E-state index in [0.29, 0.717) is 5.69 Å². The van der Waals surface area contributed by atoms with Crippen LogP contribution in [0, 0.1) is 0 Å². The molecule has 0 aliphatic rings. The first-order chi connectivity index (χ1) is 10.2. The van der Waals surface area contributed by atoms with Gasteiger partial charge in [0.2, 0.25) is 0 Å². The lowest BCUT2D eigenvalue weighted by Gasteiger charge is -2.12. The SMILES string of the molecule is Nc1ccc(C(=O)Nc2cc(C(F)(F)F)ccc2Cl)c(Cl)c1. The number of rotatable bonds is 2. The second-order valence-electron chi connectivity index (χ2n) is 4.39. The Morgan fingerprint density at radius 2 is 1.73 bits per heavy atom. The average Bonchev–Trinajstić information content (AvgIpc) is 2.39. The third kappa shape index (κ3) is 3.64. The molecule has 0 saturated carbocycles. The van der Waals surface area contributed by atoms with Crippen molar-refractivity contribution in [2.75, 3.05) is 11.1 Å². The number of nitrogens with one attached hydrogen (secondary N) is 1. The van der Waals surface area contributed by atoms with Crippen LogP contribution < -0.4 is 11.1 Å². The zero-order chi connectivity index (χ0) is 16.5. The highest BCUT2D eigenvalue weighted by Crippen LogP contribution is 2.34. The minimum Gasteiger partial charge on any atom is -0.399 e. The van der Waals surface area contributed by atoms with Gasteiger partial charge in [-0.3, -0.25) is 4.79 Å². The molecular weight excluding hydrogens is 340 g/mol. The van der Waals surface area contributed by atoms with E-state index in [0.717, 1.165) is 18.2 Å². The molecule has 2 rings (SSSR count). The normalized spacial score (nSPS) is 11.3. The minimum atomic E-state index is -4.54. The predicted molar refractivity (Wildman–Crippen MR) is 80.3 cm³/mol. The van der Waals surface area contributed by atoms with Crippen molar-refractivity contribution >= 4 is 40.5 Å². The molecule has 22 heavy (non-hydrogen) atoms. The van der Waals surface area contributed by atoms with Gasteiger partial charge in [0.1, 0.15) is 0 Å². The van der Waals surface area contributed by atoms with Gasteiger partial charge in [-0.15, -0.1) is 0 Å². The van der Waals surface area contributed by atoms with Crippen LogP contribution >= 0.6 is 23.2 Å². The first kappa shape index (κ1) is 16.5. The van der Waals surface area contributed by atoms with E-state index in [2.05, 4.69) is 5.32 Å². The van der Waals surface area contributed by atoms with Gasteiger partial charge in [0.15, 0.2) is 0 Å². The Bertz CT molecular complexity index is 733. The molecule has 0 spiro atoms. The van der Waals surface area contributed by atoms with Gasteiger partial charge in [0.05, 0.1) is 26.9 Å². The van der Waals surface area contributed by atoms with Gasteiger partial charge in [-0.05, 0) is 36.4 Å². The summed E-state index contributed by atoms with van der Waals surface area (Å²) in [4.78, 5) is 12.1. The minimum absolute atomic E-state index is 0.0204. The summed E-state index contributed by atoms with van der Waals surface area (Å²) in [6, 6.07) is 6.83. The fourth-order valence-corrected chi connectivity index (χ4v) is 2.14. The van der Waals surface area contributed by atoms with E-state index >= 15 is 0 Å². The Balaban J connectivity index is 2.32. The van der Waals surface area contributed by atoms with Crippen LogP contribution in [0.2, 0.25) is 10.0 Å². The number of alkyl halides is 3. The van der Waals surface area contributed by atoms with E-state index in [4.69, 9.17) is 28.9 Å². The molecule has 0 saturated heterocycles. The molecule has 8 heteroatoms. The van der Waals surface area contributed by atoms with Crippen LogP contribution in [0.5, 0.6) is 0 Å². The fourth-order valence-electron chi connectivity index (χ4n) is 1.70. The molecule has 0 unspecified atom stereocenters. The van der Waals surface area contributed by atoms with E-state index < -0.39 is 17.6 Å². The first-order valence-electron chi connectivity index (χ1n) is 5.91. The highest BCUT2D eigenvalue weighted by Gasteiger charge is 2.31. The van der Waals surface area contributed by atoms with Crippen LogP contribution in [-0.2, 0) is 6.18 Å². The van der Waals surface area contributed by atoms with E-state index in [-0.39, 0.29) is 21.3 Å². The third-order valence-electron chi connectivity index (χ3n) is 2.78. The molecule has 0 heterocycles. The Kier molecular flexibility index (Phi) is 4.53. The zero-order valence-electron chi connectivity index (χ0n) is 10.8. The van der Waals surface area contributed by atoms with Crippen molar-refractivity contribution in [2.45, 2.75) is 6.18 Å². The van der Waals surface area contributed by atoms with E-state index in [1.165, 1.54) is 18.2 Å². The van der Waals surface area contributed by atoms with E-state index in [9.17, 15) is 18.0 Å². The van der Waals surface area contributed by atoms with Gasteiger partial charge < -0.3 is 11.1 Å². The second-order valence-corrected chi connectivity index (χ2v) is 5.20. The van der Waals surface area contributed by atoms with Crippen molar-refractivity contribution in [3.63, 3.8) is 0 Å². The molecule has 2 aromatic rings. The quantitative estimate of drug-likeness (QED) is 0.762. The monoisotopic (exact) mass is 348 g/mol. The molecule has 2 aromatic carbocycles. The van der Waals surface area contributed by atoms with Crippen LogP contribution in [0.1, 0.15) is 15.9 Å². The van der Waals surface area contributed by atoms with E-state index in [1.807, 2.05) is 0 Å². The highest BCUT2D eigenvalue weighted by atomic mass is 35.5. The van der Waals surface area contributed by atoms with Crippen molar-refractivity contribution in [3.8, 4) is 0 Å². The Morgan fingerprint density at radius 1 is 1.05 bits per heavy atom. The zero-order valence-corrected chi connectivity index (χ0v) is 12.4. The van der Waals surface area contributed by atoms with Gasteiger partial charge in [0.25, 0.3) is 5.91 Å². The lowest BCUT2D eigenvalue weighted by molar-refractivity contribution is -0.137. The number of benzene rings is 2. The highest BCUT2D eigenvalue weighted by molar-refractivity contribution is 6.36. The molecule has 0 aliphatic heterocycles. The van der Waals surface area contributed by atoms with Gasteiger partial charge >= 0.3 is 6.18 Å². The summed E-state index contributed by atoms with van der Waals surface area (Å²) in [5.74, 6) is -0.689. The number of hydrogen-bond acceptors (Lipinski definition) is 2. The molecule has 0 fully saturated rings. The Hall–Kier alpha value is -1.92. The van der Waals surface area contributed by atoms with Crippen molar-refractivity contribution in [1.82, 2.24) is 0 Å². The van der Waals surface area contributed by atoms with Crippen molar-refractivity contribution < 1.29 is 18.0 Å². The third-order valence-corrected chi connectivity index (χ3v) is 3.42. The van der Waals surface area contributed by atoms with Crippen LogP contribution in [0.25, 0.3) is 0 Å². The number of nitrogen functional groups attached to an aromatic ring is 1. The topological polar surface area (TPSA) is 55.1 Å². The van der Waals surface area contributed by atoms with Crippen molar-refractivity contribution in [1.29, 1.82) is 0 Å². The van der Waals surface area contributed by atoms with Crippen LogP contribution in [0.3, 0.4) is 0 Å². The number of halogens is 5. The number of anilines is 2. The van der Waals surface area contributed by atoms with Crippen molar-refractivity contribution in [2.24, 2.45) is 0 Å². The summed E-state index contributed by atoms with van der Waals surface area (Å²) in [6.07, 6.45) is -4.54. The van der Waals surface area contributed by atoms with Gasteiger partial charge in [-0.1, -0.05) is 23.2 Å². The van der Waals surface area contributed by atoms with Gasteiger partial charge in [-0.25, -0.2) is 0 Å². The summed E-state index contributed by atoms with van der Waals surface area (Å²) >= 11 is 11.7. The molecule has 0 atom stereocenters. The second kappa shape index (κ2) is 6.06. The molecule has 3 N–H and O–H groups in total. The fraction of sp³-hybridized carbons (Fsp3) is 0.0714. The standard InChI is InChI=1S/C14H9Cl2F3N2O/c15-10-4-1-7(14(17,18)19)5-12(10)21-13(22)9-3-2-8(20)6-11(9)16/h1-6H,20H2,(H,21,22). The smallest absolute Gasteiger partial charge is 0.399 e. The maximum absolute atomic E-state index is 12.7. The molecule has 0 aliphatic carbocycles. The molecule has 0 radical (unpaired) electrons. The summed E-state index contributed by atoms with van der Waals surface area (Å²) in [7, 11) is 0. The lowest BCUT2D eigenvalue weighted by Crippen LogP contribution is -2.14. The Morgan fingerprint density at radius 3 is 2.32 bits per heavy atom. The lowest BCUT2D eigenvalue weighted by atomic mass is 10.1.